The van der Waals surface area contributed by atoms with Crippen molar-refractivity contribution in [2.75, 3.05) is 6.26 Å². The molecule has 6 nitrogen and oxygen atoms in total. The fourth-order valence-electron chi connectivity index (χ4n) is 3.50. The van der Waals surface area contributed by atoms with Crippen LogP contribution in [0.25, 0.3) is 5.70 Å². The molecule has 3 aromatic carbocycles. The molecule has 0 saturated carbocycles. The normalized spacial score (nSPS) is 17.3. The second kappa shape index (κ2) is 7.68. The zero-order valence-electron chi connectivity index (χ0n) is 16.1. The highest BCUT2D eigenvalue weighted by Gasteiger charge is 2.34. The molecule has 7 heteroatoms. The number of ether oxygens (including phenoxy) is 1. The highest BCUT2D eigenvalue weighted by atomic mass is 32.2. The molecule has 1 atom stereocenters. The third kappa shape index (κ3) is 3.33. The lowest BCUT2D eigenvalue weighted by atomic mass is 10.1. The lowest BCUT2D eigenvalue weighted by molar-refractivity contribution is -0.116. The van der Waals surface area contributed by atoms with Crippen LogP contribution in [0.4, 0.5) is 0 Å². The van der Waals surface area contributed by atoms with Gasteiger partial charge in [-0.1, -0.05) is 60.3 Å². The van der Waals surface area contributed by atoms with E-state index in [2.05, 4.69) is 10.4 Å². The molecule has 5 rings (SSSR count). The van der Waals surface area contributed by atoms with Crippen LogP contribution in [0.5, 0.6) is 11.5 Å². The van der Waals surface area contributed by atoms with Crippen molar-refractivity contribution in [1.29, 1.82) is 0 Å². The van der Waals surface area contributed by atoms with Gasteiger partial charge < -0.3 is 4.74 Å². The van der Waals surface area contributed by atoms with E-state index in [1.807, 2.05) is 85.1 Å². The number of rotatable bonds is 3. The molecule has 2 aliphatic heterocycles. The predicted molar refractivity (Wildman–Crippen MR) is 117 cm³/mol. The van der Waals surface area contributed by atoms with Crippen molar-refractivity contribution < 1.29 is 9.53 Å². The van der Waals surface area contributed by atoms with Gasteiger partial charge in [0.05, 0.1) is 5.36 Å². The van der Waals surface area contributed by atoms with E-state index in [0.29, 0.717) is 16.6 Å². The van der Waals surface area contributed by atoms with E-state index in [1.165, 1.54) is 11.8 Å². The summed E-state index contributed by atoms with van der Waals surface area (Å²) in [4.78, 5) is 17.8. The minimum absolute atomic E-state index is 0.182. The molecule has 3 aromatic rings. The maximum absolute atomic E-state index is 12.9. The number of carbonyl (C=O) groups excluding carboxylic acids is 1. The van der Waals surface area contributed by atoms with Gasteiger partial charge in [-0.05, 0) is 36.6 Å². The number of nitrogens with zero attached hydrogens (tertiary/aromatic N) is 3. The summed E-state index contributed by atoms with van der Waals surface area (Å²) in [5.74, 6) is 1.27. The van der Waals surface area contributed by atoms with E-state index in [-0.39, 0.29) is 5.91 Å². The van der Waals surface area contributed by atoms with Gasteiger partial charge in [0.1, 0.15) is 17.2 Å². The Hall–Kier alpha value is -3.58. The van der Waals surface area contributed by atoms with Crippen LogP contribution in [-0.2, 0) is 4.79 Å². The zero-order chi connectivity index (χ0) is 20.5. The average molecular weight is 414 g/mol. The number of para-hydroxylation sites is 2. The molecule has 0 radical (unpaired) electrons. The molecule has 1 amide bonds. The average Bonchev–Trinajstić information content (AvgIpc) is 2.79. The van der Waals surface area contributed by atoms with E-state index in [4.69, 9.17) is 9.73 Å². The van der Waals surface area contributed by atoms with Gasteiger partial charge in [0.15, 0.2) is 11.3 Å². The number of nitrogens with one attached hydrogen (secondary N) is 1. The number of amides is 1. The molecular formula is C23H18N4O2S. The van der Waals surface area contributed by atoms with Crippen LogP contribution in [0.2, 0.25) is 0 Å². The van der Waals surface area contributed by atoms with Crippen LogP contribution in [0.3, 0.4) is 0 Å². The number of amidine groups is 1. The largest absolute Gasteiger partial charge is 0.457 e. The lowest BCUT2D eigenvalue weighted by Gasteiger charge is -2.34. The Kier molecular flexibility index (Phi) is 4.72. The van der Waals surface area contributed by atoms with E-state index in [1.54, 1.807) is 5.01 Å². The van der Waals surface area contributed by atoms with Crippen molar-refractivity contribution in [2.45, 2.75) is 6.17 Å². The van der Waals surface area contributed by atoms with Crippen molar-refractivity contribution in [1.82, 2.24) is 10.3 Å². The Morgan fingerprint density at radius 3 is 2.57 bits per heavy atom. The van der Waals surface area contributed by atoms with Crippen molar-refractivity contribution in [2.24, 2.45) is 10.1 Å². The summed E-state index contributed by atoms with van der Waals surface area (Å²) in [5.41, 5.74) is 1.38. The van der Waals surface area contributed by atoms with Crippen LogP contribution in [-0.4, -0.2) is 22.3 Å². The zero-order valence-corrected chi connectivity index (χ0v) is 17.0. The summed E-state index contributed by atoms with van der Waals surface area (Å²) in [5, 5.41) is 11.3. The first kappa shape index (κ1) is 18.4. The second-order valence-corrected chi connectivity index (χ2v) is 7.56. The van der Waals surface area contributed by atoms with E-state index in [9.17, 15) is 4.79 Å². The quantitative estimate of drug-likeness (QED) is 0.716. The molecule has 1 N–H and O–H groups in total. The van der Waals surface area contributed by atoms with Crippen LogP contribution >= 0.6 is 11.8 Å². The van der Waals surface area contributed by atoms with Gasteiger partial charge in [-0.3, -0.25) is 15.1 Å². The van der Waals surface area contributed by atoms with Crippen molar-refractivity contribution in [3.8, 4) is 11.5 Å². The van der Waals surface area contributed by atoms with Gasteiger partial charge in [-0.2, -0.15) is 0 Å². The third-order valence-corrected chi connectivity index (χ3v) is 5.41. The Morgan fingerprint density at radius 2 is 1.73 bits per heavy atom. The Labute approximate surface area is 177 Å². The predicted octanol–water partition coefficient (Wildman–Crippen LogP) is 2.98. The summed E-state index contributed by atoms with van der Waals surface area (Å²) in [6.45, 7) is 0. The second-order valence-electron chi connectivity index (χ2n) is 6.76. The smallest absolute Gasteiger partial charge is 0.276 e. The standard InChI is InChI=1S/C23H18N4O2S/c1-30-23-25-22(28)20-18-12-5-6-13-19(18)24-21(27(20)26-23)15-8-7-11-17(14-15)29-16-9-3-2-4-10-16/h2-14,21H,1H3,(H,25,26,28). The molecule has 30 heavy (non-hydrogen) atoms. The molecule has 0 bridgehead atoms. The van der Waals surface area contributed by atoms with Crippen LogP contribution in [0.15, 0.2) is 89.0 Å². The van der Waals surface area contributed by atoms with E-state index in [0.717, 1.165) is 21.9 Å². The molecule has 0 spiro atoms. The first-order chi connectivity index (χ1) is 14.7. The van der Waals surface area contributed by atoms with Gasteiger partial charge in [-0.25, -0.2) is 5.01 Å². The summed E-state index contributed by atoms with van der Waals surface area (Å²) in [6.07, 6.45) is 1.41. The van der Waals surface area contributed by atoms with Gasteiger partial charge in [0.2, 0.25) is 0 Å². The summed E-state index contributed by atoms with van der Waals surface area (Å²) in [6, 6.07) is 25.0. The monoisotopic (exact) mass is 414 g/mol. The fourth-order valence-corrected chi connectivity index (χ4v) is 3.86. The Balaban J connectivity index is 1.61. The van der Waals surface area contributed by atoms with Gasteiger partial charge in [-0.15, -0.1) is 5.10 Å². The molecule has 0 aromatic heterocycles. The van der Waals surface area contributed by atoms with Crippen LogP contribution in [0, 0.1) is 0 Å². The number of hydrogen-bond acceptors (Lipinski definition) is 6. The van der Waals surface area contributed by atoms with Crippen molar-refractivity contribution >= 4 is 28.5 Å². The Morgan fingerprint density at radius 1 is 0.967 bits per heavy atom. The van der Waals surface area contributed by atoms with Gasteiger partial charge >= 0.3 is 0 Å². The highest BCUT2D eigenvalue weighted by Crippen LogP contribution is 2.33. The number of benzene rings is 3. The molecule has 0 saturated heterocycles. The minimum Gasteiger partial charge on any atom is -0.457 e. The first-order valence-corrected chi connectivity index (χ1v) is 10.7. The maximum atomic E-state index is 12.9. The summed E-state index contributed by atoms with van der Waals surface area (Å²) < 4.78 is 5.99. The van der Waals surface area contributed by atoms with Crippen molar-refractivity contribution in [3.05, 3.63) is 95.0 Å². The Bertz CT molecular complexity index is 1270. The molecule has 148 valence electrons. The topological polar surface area (TPSA) is 66.3 Å². The summed E-state index contributed by atoms with van der Waals surface area (Å²) >= 11 is 1.39. The molecule has 0 aliphatic carbocycles. The van der Waals surface area contributed by atoms with E-state index >= 15 is 0 Å². The first-order valence-electron chi connectivity index (χ1n) is 9.46. The summed E-state index contributed by atoms with van der Waals surface area (Å²) in [7, 11) is 0. The number of fused-ring (bicyclic) bond motifs is 2. The molecule has 1 unspecified atom stereocenters. The highest BCUT2D eigenvalue weighted by molar-refractivity contribution is 8.13. The fraction of sp³-hybridized carbons (Fsp3) is 0.0870. The van der Waals surface area contributed by atoms with Crippen LogP contribution in [0.1, 0.15) is 11.7 Å². The SMILES string of the molecule is CSC1=NN2C(=c3ccccc3=NC2c2cccc(Oc3ccccc3)c2)C(=O)N1. The number of hydrazone groups is 1. The number of hydrogen-bond donors (Lipinski definition) is 1. The lowest BCUT2D eigenvalue weighted by Crippen LogP contribution is -2.50. The minimum atomic E-state index is -0.470. The maximum Gasteiger partial charge on any atom is 0.276 e. The van der Waals surface area contributed by atoms with Gasteiger partial charge in [0.25, 0.3) is 5.91 Å². The van der Waals surface area contributed by atoms with E-state index < -0.39 is 6.17 Å². The third-order valence-electron chi connectivity index (χ3n) is 4.84. The number of carbonyl (C=O) groups is 1. The molecule has 2 aliphatic rings. The van der Waals surface area contributed by atoms with Crippen molar-refractivity contribution in [3.63, 3.8) is 0 Å². The number of thioether (sulfide) groups is 1. The molecule has 2 heterocycles. The van der Waals surface area contributed by atoms with Gasteiger partial charge in [0, 0.05) is 10.8 Å². The molecular weight excluding hydrogens is 396 g/mol. The molecule has 0 fully saturated rings. The van der Waals surface area contributed by atoms with Crippen LogP contribution < -0.4 is 20.6 Å².